The minimum atomic E-state index is -4.03. The van der Waals surface area contributed by atoms with Crippen LogP contribution in [0.15, 0.2) is 47.4 Å². The van der Waals surface area contributed by atoms with Crippen molar-refractivity contribution in [2.45, 2.75) is 25.7 Å². The summed E-state index contributed by atoms with van der Waals surface area (Å²) in [6.45, 7) is 4.95. The predicted molar refractivity (Wildman–Crippen MR) is 105 cm³/mol. The van der Waals surface area contributed by atoms with E-state index in [9.17, 15) is 18.0 Å². The van der Waals surface area contributed by atoms with Crippen LogP contribution in [0, 0.1) is 13.8 Å². The second-order valence-electron chi connectivity index (χ2n) is 6.12. The number of anilines is 1. The first-order valence-corrected chi connectivity index (χ1v) is 10.1. The number of hydrogen-bond donors (Lipinski definition) is 0. The van der Waals surface area contributed by atoms with Gasteiger partial charge in [-0.3, -0.25) is 9.10 Å². The summed E-state index contributed by atoms with van der Waals surface area (Å²) in [4.78, 5) is 23.9. The fourth-order valence-electron chi connectivity index (χ4n) is 2.60. The van der Waals surface area contributed by atoms with Crippen molar-refractivity contribution in [1.82, 2.24) is 0 Å². The summed E-state index contributed by atoms with van der Waals surface area (Å²) < 4.78 is 37.0. The lowest BCUT2D eigenvalue weighted by molar-refractivity contribution is -0.138. The van der Waals surface area contributed by atoms with Crippen molar-refractivity contribution >= 4 is 27.6 Å². The Kier molecular flexibility index (Phi) is 6.80. The Morgan fingerprint density at radius 1 is 1.04 bits per heavy atom. The number of hydrogen-bond acceptors (Lipinski definition) is 6. The molecule has 0 aliphatic carbocycles. The van der Waals surface area contributed by atoms with E-state index >= 15 is 0 Å². The van der Waals surface area contributed by atoms with Gasteiger partial charge in [0, 0.05) is 0 Å². The number of esters is 2. The molecule has 0 saturated carbocycles. The molecule has 7 nitrogen and oxygen atoms in total. The van der Waals surface area contributed by atoms with Crippen LogP contribution in [0.2, 0.25) is 0 Å². The zero-order valence-electron chi connectivity index (χ0n) is 16.3. The SMILES string of the molecule is CCOC(=O)c1ccc(N(CC(=O)OC)S(=O)(=O)c2ccc(C)cc2)c(C)c1. The van der Waals surface area contributed by atoms with E-state index in [0.717, 1.165) is 9.87 Å². The van der Waals surface area contributed by atoms with Crippen LogP contribution in [0.1, 0.15) is 28.4 Å². The lowest BCUT2D eigenvalue weighted by Gasteiger charge is -2.25. The van der Waals surface area contributed by atoms with Gasteiger partial charge >= 0.3 is 11.9 Å². The van der Waals surface area contributed by atoms with E-state index in [1.165, 1.54) is 37.4 Å². The van der Waals surface area contributed by atoms with E-state index < -0.39 is 28.5 Å². The van der Waals surface area contributed by atoms with E-state index in [-0.39, 0.29) is 17.2 Å². The molecule has 0 N–H and O–H groups in total. The minimum absolute atomic E-state index is 0.0517. The van der Waals surface area contributed by atoms with Gasteiger partial charge in [-0.2, -0.15) is 0 Å². The maximum atomic E-state index is 13.2. The summed E-state index contributed by atoms with van der Waals surface area (Å²) in [6.07, 6.45) is 0. The van der Waals surface area contributed by atoms with Crippen molar-refractivity contribution in [2.24, 2.45) is 0 Å². The molecule has 0 saturated heterocycles. The maximum absolute atomic E-state index is 13.2. The number of carbonyl (C=O) groups excluding carboxylic acids is 2. The molecule has 150 valence electrons. The third-order valence-corrected chi connectivity index (χ3v) is 5.86. The van der Waals surface area contributed by atoms with Crippen LogP contribution in [-0.4, -0.2) is 40.6 Å². The number of rotatable bonds is 7. The average molecular weight is 405 g/mol. The van der Waals surface area contributed by atoms with Gasteiger partial charge in [0.15, 0.2) is 0 Å². The van der Waals surface area contributed by atoms with Crippen LogP contribution in [-0.2, 0) is 24.3 Å². The first-order chi connectivity index (χ1) is 13.2. The molecule has 2 rings (SSSR count). The number of methoxy groups -OCH3 is 1. The molecular weight excluding hydrogens is 382 g/mol. The van der Waals surface area contributed by atoms with Crippen LogP contribution in [0.3, 0.4) is 0 Å². The zero-order chi connectivity index (χ0) is 20.9. The maximum Gasteiger partial charge on any atom is 0.338 e. The first kappa shape index (κ1) is 21.4. The number of benzene rings is 2. The van der Waals surface area contributed by atoms with Crippen molar-refractivity contribution in [1.29, 1.82) is 0 Å². The summed E-state index contributed by atoms with van der Waals surface area (Å²) in [6, 6.07) is 10.8. The quantitative estimate of drug-likeness (QED) is 0.658. The van der Waals surface area contributed by atoms with Crippen LogP contribution in [0.5, 0.6) is 0 Å². The molecule has 0 radical (unpaired) electrons. The minimum Gasteiger partial charge on any atom is -0.468 e. The third-order valence-electron chi connectivity index (χ3n) is 4.09. The fourth-order valence-corrected chi connectivity index (χ4v) is 4.07. The Hall–Kier alpha value is -2.87. The van der Waals surface area contributed by atoms with Gasteiger partial charge in [0.2, 0.25) is 0 Å². The Morgan fingerprint density at radius 2 is 1.68 bits per heavy atom. The largest absolute Gasteiger partial charge is 0.468 e. The van der Waals surface area contributed by atoms with Crippen molar-refractivity contribution in [3.63, 3.8) is 0 Å². The van der Waals surface area contributed by atoms with Crippen LogP contribution < -0.4 is 4.31 Å². The van der Waals surface area contributed by atoms with Gasteiger partial charge in [0.25, 0.3) is 10.0 Å². The van der Waals surface area contributed by atoms with Crippen molar-refractivity contribution < 1.29 is 27.5 Å². The molecule has 0 spiro atoms. The Labute approximate surface area is 164 Å². The topological polar surface area (TPSA) is 90.0 Å². The molecule has 28 heavy (non-hydrogen) atoms. The summed E-state index contributed by atoms with van der Waals surface area (Å²) >= 11 is 0. The molecule has 8 heteroatoms. The summed E-state index contributed by atoms with van der Waals surface area (Å²) in [5, 5.41) is 0. The normalized spacial score (nSPS) is 11.0. The molecule has 0 aliphatic rings. The molecule has 0 bridgehead atoms. The second kappa shape index (κ2) is 8.88. The highest BCUT2D eigenvalue weighted by Crippen LogP contribution is 2.28. The molecule has 0 aliphatic heterocycles. The molecule has 2 aromatic carbocycles. The average Bonchev–Trinajstić information content (AvgIpc) is 2.66. The first-order valence-electron chi connectivity index (χ1n) is 8.64. The smallest absolute Gasteiger partial charge is 0.338 e. The van der Waals surface area contributed by atoms with E-state index in [4.69, 9.17) is 4.74 Å². The zero-order valence-corrected chi connectivity index (χ0v) is 17.1. The monoisotopic (exact) mass is 405 g/mol. The van der Waals surface area contributed by atoms with Gasteiger partial charge in [-0.1, -0.05) is 17.7 Å². The van der Waals surface area contributed by atoms with Crippen molar-refractivity contribution in [3.05, 3.63) is 59.2 Å². The lowest BCUT2D eigenvalue weighted by Crippen LogP contribution is -2.36. The van der Waals surface area contributed by atoms with Crippen LogP contribution in [0.4, 0.5) is 5.69 Å². The Balaban J connectivity index is 2.53. The van der Waals surface area contributed by atoms with Crippen LogP contribution >= 0.6 is 0 Å². The number of nitrogens with zero attached hydrogens (tertiary/aromatic N) is 1. The molecule has 0 heterocycles. The molecule has 0 atom stereocenters. The molecule has 0 unspecified atom stereocenters. The highest BCUT2D eigenvalue weighted by molar-refractivity contribution is 7.92. The summed E-state index contributed by atoms with van der Waals surface area (Å²) in [5.74, 6) is -1.21. The molecule has 0 aromatic heterocycles. The Morgan fingerprint density at radius 3 is 2.21 bits per heavy atom. The number of carbonyl (C=O) groups is 2. The molecule has 0 fully saturated rings. The van der Waals surface area contributed by atoms with Gasteiger partial charge in [-0.15, -0.1) is 0 Å². The second-order valence-corrected chi connectivity index (χ2v) is 7.98. The van der Waals surface area contributed by atoms with Gasteiger partial charge < -0.3 is 9.47 Å². The van der Waals surface area contributed by atoms with Crippen molar-refractivity contribution in [2.75, 3.05) is 24.6 Å². The molecule has 0 amide bonds. The predicted octanol–water partition coefficient (Wildman–Crippen LogP) is 2.85. The van der Waals surface area contributed by atoms with Gasteiger partial charge in [0.05, 0.1) is 29.9 Å². The van der Waals surface area contributed by atoms with E-state index in [1.54, 1.807) is 26.0 Å². The number of sulfonamides is 1. The van der Waals surface area contributed by atoms with Gasteiger partial charge in [-0.25, -0.2) is 13.2 Å². The fraction of sp³-hybridized carbons (Fsp3) is 0.300. The van der Waals surface area contributed by atoms with Crippen molar-refractivity contribution in [3.8, 4) is 0 Å². The standard InChI is InChI=1S/C20H23NO6S/c1-5-27-20(23)16-8-11-18(15(3)12-16)21(13-19(22)26-4)28(24,25)17-9-6-14(2)7-10-17/h6-12H,5,13H2,1-4H3. The number of ether oxygens (including phenoxy) is 2. The van der Waals surface area contributed by atoms with Gasteiger partial charge in [0.1, 0.15) is 6.54 Å². The van der Waals surface area contributed by atoms with E-state index in [1.807, 2.05) is 6.92 Å². The summed E-state index contributed by atoms with van der Waals surface area (Å²) in [5.41, 5.74) is 1.99. The molecular formula is C20H23NO6S. The Bertz CT molecular complexity index is 967. The molecule has 2 aromatic rings. The summed E-state index contributed by atoms with van der Waals surface area (Å²) in [7, 11) is -2.84. The highest BCUT2D eigenvalue weighted by Gasteiger charge is 2.29. The lowest BCUT2D eigenvalue weighted by atomic mass is 10.1. The van der Waals surface area contributed by atoms with Crippen LogP contribution in [0.25, 0.3) is 0 Å². The van der Waals surface area contributed by atoms with E-state index in [2.05, 4.69) is 4.74 Å². The van der Waals surface area contributed by atoms with E-state index in [0.29, 0.717) is 11.1 Å². The van der Waals surface area contributed by atoms with Gasteiger partial charge in [-0.05, 0) is 56.7 Å². The number of aryl methyl sites for hydroxylation is 2. The third kappa shape index (κ3) is 4.69. The highest BCUT2D eigenvalue weighted by atomic mass is 32.2.